The van der Waals surface area contributed by atoms with Crippen LogP contribution in [0.1, 0.15) is 12.5 Å². The largest absolute Gasteiger partial charge is 0.489 e. The highest BCUT2D eigenvalue weighted by atomic mass is 16.5. The van der Waals surface area contributed by atoms with Gasteiger partial charge in [0, 0.05) is 19.7 Å². The van der Waals surface area contributed by atoms with Crippen molar-refractivity contribution < 1.29 is 14.6 Å². The highest BCUT2D eigenvalue weighted by molar-refractivity contribution is 5.42. The zero-order valence-electron chi connectivity index (χ0n) is 12.2. The molecule has 0 aliphatic carbocycles. The van der Waals surface area contributed by atoms with Gasteiger partial charge in [-0.05, 0) is 26.1 Å². The molecule has 0 fully saturated rings. The van der Waals surface area contributed by atoms with E-state index in [-0.39, 0.29) is 12.6 Å². The number of hydrogen-bond acceptors (Lipinski definition) is 5. The highest BCUT2D eigenvalue weighted by Crippen LogP contribution is 2.16. The quantitative estimate of drug-likeness (QED) is 0.775. The summed E-state index contributed by atoms with van der Waals surface area (Å²) < 4.78 is 10.6. The number of nitrogens with zero attached hydrogens (tertiary/aromatic N) is 2. The molecule has 0 heterocycles. The zero-order chi connectivity index (χ0) is 15.0. The van der Waals surface area contributed by atoms with Gasteiger partial charge in [-0.1, -0.05) is 12.1 Å². The smallest absolute Gasteiger partial charge is 0.137 e. The third-order valence-electron chi connectivity index (χ3n) is 3.10. The van der Waals surface area contributed by atoms with Gasteiger partial charge in [0.05, 0.1) is 12.2 Å². The van der Waals surface area contributed by atoms with Gasteiger partial charge in [0.25, 0.3) is 0 Å². The van der Waals surface area contributed by atoms with Crippen molar-refractivity contribution in [1.82, 2.24) is 4.90 Å². The first kappa shape index (κ1) is 16.4. The van der Waals surface area contributed by atoms with Crippen LogP contribution in [0.25, 0.3) is 0 Å². The average molecular weight is 278 g/mol. The molecule has 0 spiro atoms. The van der Waals surface area contributed by atoms with Crippen molar-refractivity contribution in [3.05, 3.63) is 29.8 Å². The van der Waals surface area contributed by atoms with E-state index >= 15 is 0 Å². The number of rotatable bonds is 8. The molecular weight excluding hydrogens is 256 g/mol. The van der Waals surface area contributed by atoms with E-state index in [1.807, 2.05) is 18.9 Å². The summed E-state index contributed by atoms with van der Waals surface area (Å²) in [4.78, 5) is 2.01. The lowest BCUT2D eigenvalue weighted by atomic mass is 10.2. The molecule has 1 aromatic rings. The van der Waals surface area contributed by atoms with Crippen LogP contribution < -0.4 is 4.74 Å². The second-order valence-corrected chi connectivity index (χ2v) is 4.82. The van der Waals surface area contributed by atoms with Gasteiger partial charge in [-0.25, -0.2) is 0 Å². The number of aliphatic hydroxyl groups excluding tert-OH is 1. The van der Waals surface area contributed by atoms with Crippen LogP contribution in [0.5, 0.6) is 5.75 Å². The number of methoxy groups -OCH3 is 1. The van der Waals surface area contributed by atoms with E-state index < -0.39 is 6.10 Å². The van der Waals surface area contributed by atoms with Gasteiger partial charge in [-0.15, -0.1) is 0 Å². The van der Waals surface area contributed by atoms with Crippen molar-refractivity contribution in [3.8, 4) is 11.8 Å². The molecule has 0 radical (unpaired) electrons. The molecule has 1 N–H and O–H groups in total. The molecule has 0 saturated heterocycles. The Morgan fingerprint density at radius 2 is 2.05 bits per heavy atom. The molecule has 5 nitrogen and oxygen atoms in total. The summed E-state index contributed by atoms with van der Waals surface area (Å²) >= 11 is 0. The molecule has 20 heavy (non-hydrogen) atoms. The molecule has 0 aliphatic heterocycles. The number of para-hydroxylation sites is 1. The lowest BCUT2D eigenvalue weighted by molar-refractivity contribution is 0.0465. The number of nitriles is 1. The van der Waals surface area contributed by atoms with Crippen LogP contribution in [-0.4, -0.2) is 56.1 Å². The molecule has 0 aromatic heterocycles. The van der Waals surface area contributed by atoms with Crippen molar-refractivity contribution in [2.24, 2.45) is 0 Å². The predicted molar refractivity (Wildman–Crippen MR) is 76.6 cm³/mol. The fourth-order valence-corrected chi connectivity index (χ4v) is 1.80. The number of hydrogen-bond donors (Lipinski definition) is 1. The molecule has 110 valence electrons. The Morgan fingerprint density at radius 1 is 1.35 bits per heavy atom. The average Bonchev–Trinajstić information content (AvgIpc) is 2.45. The highest BCUT2D eigenvalue weighted by Gasteiger charge is 2.14. The second kappa shape index (κ2) is 8.54. The summed E-state index contributed by atoms with van der Waals surface area (Å²) in [5.41, 5.74) is 0.473. The van der Waals surface area contributed by atoms with E-state index in [0.29, 0.717) is 24.5 Å². The van der Waals surface area contributed by atoms with Gasteiger partial charge in [0.15, 0.2) is 0 Å². The maximum atomic E-state index is 9.97. The summed E-state index contributed by atoms with van der Waals surface area (Å²) in [6.07, 6.45) is -0.619. The Bertz CT molecular complexity index is 445. The van der Waals surface area contributed by atoms with Crippen LogP contribution in [0.2, 0.25) is 0 Å². The molecule has 5 heteroatoms. The van der Waals surface area contributed by atoms with Crippen molar-refractivity contribution >= 4 is 0 Å². The molecule has 2 atom stereocenters. The second-order valence-electron chi connectivity index (χ2n) is 4.82. The Kier molecular flexibility index (Phi) is 7.02. The van der Waals surface area contributed by atoms with Crippen LogP contribution in [0.3, 0.4) is 0 Å². The summed E-state index contributed by atoms with van der Waals surface area (Å²) in [5.74, 6) is 0.502. The van der Waals surface area contributed by atoms with Crippen LogP contribution >= 0.6 is 0 Å². The first-order chi connectivity index (χ1) is 9.58. The Labute approximate surface area is 120 Å². The first-order valence-electron chi connectivity index (χ1n) is 6.57. The lowest BCUT2D eigenvalue weighted by Gasteiger charge is -2.26. The van der Waals surface area contributed by atoms with Crippen molar-refractivity contribution in [2.75, 3.05) is 33.9 Å². The van der Waals surface area contributed by atoms with E-state index in [2.05, 4.69) is 6.07 Å². The summed E-state index contributed by atoms with van der Waals surface area (Å²) in [7, 11) is 3.58. The molecule has 1 rings (SSSR count). The Hall–Kier alpha value is -1.61. The van der Waals surface area contributed by atoms with E-state index in [9.17, 15) is 5.11 Å². The third-order valence-corrected chi connectivity index (χ3v) is 3.10. The van der Waals surface area contributed by atoms with Crippen molar-refractivity contribution in [3.63, 3.8) is 0 Å². The normalized spacial score (nSPS) is 13.8. The summed E-state index contributed by atoms with van der Waals surface area (Å²) in [5, 5.41) is 18.9. The number of likely N-dealkylation sites (N-methyl/N-ethyl adjacent to an activating group) is 1. The van der Waals surface area contributed by atoms with Gasteiger partial charge in [-0.3, -0.25) is 4.90 Å². The maximum absolute atomic E-state index is 9.97. The molecule has 0 saturated carbocycles. The fourth-order valence-electron chi connectivity index (χ4n) is 1.80. The van der Waals surface area contributed by atoms with Crippen LogP contribution in [0, 0.1) is 11.3 Å². The van der Waals surface area contributed by atoms with Gasteiger partial charge in [-0.2, -0.15) is 5.26 Å². The third kappa shape index (κ3) is 5.17. The van der Waals surface area contributed by atoms with E-state index in [1.54, 1.807) is 31.4 Å². The standard InChI is InChI=1S/C15H22N2O3/c1-12(10-19-3)17(2)9-14(18)11-20-15-7-5-4-6-13(15)8-16/h4-7,12,14,18H,9-11H2,1-3H3. The van der Waals surface area contributed by atoms with Gasteiger partial charge >= 0.3 is 0 Å². The summed E-state index contributed by atoms with van der Waals surface area (Å²) in [6, 6.07) is 9.28. The number of ether oxygens (including phenoxy) is 2. The topological polar surface area (TPSA) is 65.7 Å². The van der Waals surface area contributed by atoms with Crippen molar-refractivity contribution in [2.45, 2.75) is 19.1 Å². The summed E-state index contributed by atoms with van der Waals surface area (Å²) in [6.45, 7) is 3.28. The van der Waals surface area contributed by atoms with Crippen molar-refractivity contribution in [1.29, 1.82) is 5.26 Å². The Morgan fingerprint density at radius 3 is 2.70 bits per heavy atom. The number of aliphatic hydroxyl groups is 1. The molecule has 1 aromatic carbocycles. The van der Waals surface area contributed by atoms with E-state index in [0.717, 1.165) is 0 Å². The molecule has 0 amide bonds. The zero-order valence-corrected chi connectivity index (χ0v) is 12.2. The van der Waals surface area contributed by atoms with Gasteiger partial charge in [0.1, 0.15) is 24.5 Å². The molecule has 2 unspecified atom stereocenters. The predicted octanol–water partition coefficient (Wildman–Crippen LogP) is 1.26. The minimum Gasteiger partial charge on any atom is -0.489 e. The van der Waals surface area contributed by atoms with E-state index in [1.165, 1.54) is 0 Å². The minimum absolute atomic E-state index is 0.155. The van der Waals surface area contributed by atoms with E-state index in [4.69, 9.17) is 14.7 Å². The lowest BCUT2D eigenvalue weighted by Crippen LogP contribution is -2.40. The number of benzene rings is 1. The minimum atomic E-state index is -0.619. The Balaban J connectivity index is 2.43. The van der Waals surface area contributed by atoms with Crippen LogP contribution in [0.4, 0.5) is 0 Å². The van der Waals surface area contributed by atoms with Crippen LogP contribution in [0.15, 0.2) is 24.3 Å². The molecule has 0 bridgehead atoms. The fraction of sp³-hybridized carbons (Fsp3) is 0.533. The first-order valence-corrected chi connectivity index (χ1v) is 6.57. The molecule has 0 aliphatic rings. The van der Waals surface area contributed by atoms with Gasteiger partial charge < -0.3 is 14.6 Å². The maximum Gasteiger partial charge on any atom is 0.137 e. The SMILES string of the molecule is COCC(C)N(C)CC(O)COc1ccccc1C#N. The van der Waals surface area contributed by atoms with Gasteiger partial charge in [0.2, 0.25) is 0 Å². The monoisotopic (exact) mass is 278 g/mol. The molecular formula is C15H22N2O3. The van der Waals surface area contributed by atoms with Crippen LogP contribution in [-0.2, 0) is 4.74 Å².